The summed E-state index contributed by atoms with van der Waals surface area (Å²) in [6, 6.07) is 0. The Morgan fingerprint density at radius 1 is 0.650 bits per heavy atom. The minimum Gasteiger partial charge on any atom is -0.393 e. The second kappa shape index (κ2) is 15.3. The van der Waals surface area contributed by atoms with E-state index in [0.29, 0.717) is 0 Å². The summed E-state index contributed by atoms with van der Waals surface area (Å²) >= 11 is 0. The molecule has 0 aliphatic carbocycles. The van der Waals surface area contributed by atoms with Gasteiger partial charge in [-0.2, -0.15) is 0 Å². The summed E-state index contributed by atoms with van der Waals surface area (Å²) < 4.78 is 0. The monoisotopic (exact) mass is 285 g/mol. The summed E-state index contributed by atoms with van der Waals surface area (Å²) in [6.07, 6.45) is 14.9. The first-order valence-corrected chi connectivity index (χ1v) is 8.86. The van der Waals surface area contributed by atoms with Crippen molar-refractivity contribution in [1.29, 1.82) is 0 Å². The number of aliphatic hydroxyl groups excluding tert-OH is 2. The molecule has 0 fully saturated rings. The molecule has 2 unspecified atom stereocenters. The number of aliphatic hydroxyl groups is 2. The maximum absolute atomic E-state index is 9.89. The third-order valence-corrected chi connectivity index (χ3v) is 4.01. The van der Waals surface area contributed by atoms with Crippen LogP contribution in [0.4, 0.5) is 0 Å². The topological polar surface area (TPSA) is 40.5 Å². The first-order valence-electron chi connectivity index (χ1n) is 8.86. The average molecular weight is 285 g/mol. The van der Waals surface area contributed by atoms with Gasteiger partial charge in [-0.3, -0.25) is 0 Å². The normalized spacial score (nSPS) is 14.4. The van der Waals surface area contributed by atoms with Gasteiger partial charge in [0.15, 0.2) is 0 Å². The zero-order valence-electron chi connectivity index (χ0n) is 13.7. The van der Waals surface area contributed by atoms with Crippen molar-refractivity contribution in [2.45, 2.75) is 109 Å². The molecule has 0 saturated carbocycles. The molecule has 0 bridgehead atoms. The van der Waals surface area contributed by atoms with E-state index in [1.165, 1.54) is 44.9 Å². The molecule has 0 saturated heterocycles. The Balaban J connectivity index is 3.31. The highest BCUT2D eigenvalue weighted by Gasteiger charge is 2.09. The minimum absolute atomic E-state index is 0.210. The van der Waals surface area contributed by atoms with Crippen molar-refractivity contribution in [2.75, 3.05) is 0 Å². The fourth-order valence-electron chi connectivity index (χ4n) is 2.57. The Bertz CT molecular complexity index is 182. The molecule has 0 aliphatic heterocycles. The molecule has 2 heteroatoms. The summed E-state index contributed by atoms with van der Waals surface area (Å²) in [5.41, 5.74) is 0. The highest BCUT2D eigenvalue weighted by Crippen LogP contribution is 2.14. The van der Waals surface area contributed by atoms with Gasteiger partial charge in [0.05, 0.1) is 12.2 Å². The zero-order chi connectivity index (χ0) is 15.1. The van der Waals surface area contributed by atoms with Crippen molar-refractivity contribution in [3.63, 3.8) is 0 Å². The Labute approximate surface area is 127 Å². The van der Waals surface area contributed by atoms with Crippen molar-refractivity contribution in [2.24, 2.45) is 0 Å². The largest absolute Gasteiger partial charge is 0.393 e. The molecule has 121 valence electrons. The maximum Gasteiger partial charge on any atom is 0.0541 e. The first kappa shape index (κ1) is 19.9. The van der Waals surface area contributed by atoms with E-state index >= 15 is 0 Å². The van der Waals surface area contributed by atoms with E-state index in [9.17, 15) is 10.2 Å². The van der Waals surface area contributed by atoms with Gasteiger partial charge in [0.1, 0.15) is 0 Å². The predicted octanol–water partition coefficient (Wildman–Crippen LogP) is 5.02. The van der Waals surface area contributed by atoms with Crippen LogP contribution in [-0.4, -0.2) is 22.4 Å². The highest BCUT2D eigenvalue weighted by molar-refractivity contribution is 4.62. The molecule has 0 aromatic heterocycles. The average Bonchev–Trinajstić information content (AvgIpc) is 2.45. The molecule has 0 rings (SSSR count). The quantitative estimate of drug-likeness (QED) is 0.415. The van der Waals surface area contributed by atoms with Crippen molar-refractivity contribution in [1.82, 2.24) is 0 Å². The number of hydrogen-bond acceptors (Lipinski definition) is 2. The molecule has 2 atom stereocenters. The van der Waals surface area contributed by atoms with Crippen LogP contribution < -0.4 is 0 Å². The van der Waals surface area contributed by atoms with E-state index in [2.05, 4.69) is 13.8 Å². The Hall–Kier alpha value is -0.0800. The Morgan fingerprint density at radius 3 is 1.60 bits per heavy atom. The van der Waals surface area contributed by atoms with Crippen LogP contribution in [0.2, 0.25) is 0 Å². The molecule has 1 radical (unpaired) electrons. The second-order valence-electron chi connectivity index (χ2n) is 6.14. The molecule has 20 heavy (non-hydrogen) atoms. The number of unbranched alkanes of at least 4 members (excludes halogenated alkanes) is 8. The fraction of sp³-hybridized carbons (Fsp3) is 0.944. The molecule has 0 amide bonds. The van der Waals surface area contributed by atoms with Crippen LogP contribution in [0.5, 0.6) is 0 Å². The summed E-state index contributed by atoms with van der Waals surface area (Å²) in [6.45, 7) is 6.04. The lowest BCUT2D eigenvalue weighted by Crippen LogP contribution is -2.13. The summed E-state index contributed by atoms with van der Waals surface area (Å²) in [5, 5.41) is 19.7. The van der Waals surface area contributed by atoms with Crippen molar-refractivity contribution < 1.29 is 10.2 Å². The van der Waals surface area contributed by atoms with Crippen LogP contribution in [0.1, 0.15) is 96.8 Å². The zero-order valence-corrected chi connectivity index (χ0v) is 13.7. The minimum atomic E-state index is -0.215. The van der Waals surface area contributed by atoms with Gasteiger partial charge in [-0.25, -0.2) is 0 Å². The van der Waals surface area contributed by atoms with Crippen molar-refractivity contribution in [3.05, 3.63) is 6.92 Å². The lowest BCUT2D eigenvalue weighted by Gasteiger charge is -2.14. The maximum atomic E-state index is 9.89. The molecular formula is C18H37O2. The van der Waals surface area contributed by atoms with Gasteiger partial charge in [0.2, 0.25) is 0 Å². The van der Waals surface area contributed by atoms with Crippen LogP contribution in [0.25, 0.3) is 0 Å². The Morgan fingerprint density at radius 2 is 1.10 bits per heavy atom. The van der Waals surface area contributed by atoms with Crippen LogP contribution in [0.15, 0.2) is 0 Å². The van der Waals surface area contributed by atoms with E-state index in [-0.39, 0.29) is 12.2 Å². The smallest absolute Gasteiger partial charge is 0.0541 e. The Kier molecular flexibility index (Phi) is 15.3. The molecule has 2 N–H and O–H groups in total. The van der Waals surface area contributed by atoms with Crippen LogP contribution in [-0.2, 0) is 0 Å². The third kappa shape index (κ3) is 14.3. The van der Waals surface area contributed by atoms with E-state index < -0.39 is 0 Å². The first-order chi connectivity index (χ1) is 9.70. The van der Waals surface area contributed by atoms with Crippen molar-refractivity contribution in [3.8, 4) is 0 Å². The molecule has 0 heterocycles. The van der Waals surface area contributed by atoms with Gasteiger partial charge >= 0.3 is 0 Å². The standard InChI is InChI=1S/C18H37O2/c1-3-5-7-9-10-12-14-18(20)16-15-17(19)13-11-8-6-4-2/h17-20H,1,3-16H2,2H3. The molecule has 0 spiro atoms. The fourth-order valence-corrected chi connectivity index (χ4v) is 2.57. The lowest BCUT2D eigenvalue weighted by molar-refractivity contribution is 0.101. The summed E-state index contributed by atoms with van der Waals surface area (Å²) in [4.78, 5) is 0. The van der Waals surface area contributed by atoms with E-state index in [1.807, 2.05) is 0 Å². The number of rotatable bonds is 15. The summed E-state index contributed by atoms with van der Waals surface area (Å²) in [7, 11) is 0. The van der Waals surface area contributed by atoms with Gasteiger partial charge < -0.3 is 10.2 Å². The molecular weight excluding hydrogens is 248 g/mol. The van der Waals surface area contributed by atoms with E-state index in [1.54, 1.807) is 0 Å². The van der Waals surface area contributed by atoms with Gasteiger partial charge in [0.25, 0.3) is 0 Å². The van der Waals surface area contributed by atoms with Gasteiger partial charge in [-0.05, 0) is 25.7 Å². The molecule has 0 aliphatic rings. The predicted molar refractivity (Wildman–Crippen MR) is 87.7 cm³/mol. The summed E-state index contributed by atoms with van der Waals surface area (Å²) in [5.74, 6) is 0. The van der Waals surface area contributed by atoms with E-state index in [4.69, 9.17) is 0 Å². The highest BCUT2D eigenvalue weighted by atomic mass is 16.3. The molecule has 0 aromatic rings. The van der Waals surface area contributed by atoms with E-state index in [0.717, 1.165) is 44.9 Å². The number of hydrogen-bond donors (Lipinski definition) is 2. The lowest BCUT2D eigenvalue weighted by atomic mass is 10.0. The molecule has 2 nitrogen and oxygen atoms in total. The third-order valence-electron chi connectivity index (χ3n) is 4.01. The van der Waals surface area contributed by atoms with Gasteiger partial charge in [-0.1, -0.05) is 78.1 Å². The van der Waals surface area contributed by atoms with Crippen LogP contribution in [0.3, 0.4) is 0 Å². The molecule has 0 aromatic carbocycles. The van der Waals surface area contributed by atoms with Crippen molar-refractivity contribution >= 4 is 0 Å². The SMILES string of the molecule is [CH2]CCCCCCCC(O)CCC(O)CCCCCC. The van der Waals surface area contributed by atoms with Gasteiger partial charge in [-0.15, -0.1) is 0 Å². The second-order valence-corrected chi connectivity index (χ2v) is 6.14. The van der Waals surface area contributed by atoms with Crippen LogP contribution in [0, 0.1) is 6.92 Å². The van der Waals surface area contributed by atoms with Gasteiger partial charge in [0, 0.05) is 0 Å². The van der Waals surface area contributed by atoms with Crippen LogP contribution >= 0.6 is 0 Å².